The molecule has 0 saturated heterocycles. The third kappa shape index (κ3) is 2.87. The maximum Gasteiger partial charge on any atom is 0.343 e. The second-order valence-corrected chi connectivity index (χ2v) is 9.80. The summed E-state index contributed by atoms with van der Waals surface area (Å²) in [7, 11) is 4.12. The van der Waals surface area contributed by atoms with E-state index in [1.807, 2.05) is 12.1 Å². The molecule has 1 N–H and O–H groups in total. The lowest BCUT2D eigenvalue weighted by atomic mass is 9.83. The van der Waals surface area contributed by atoms with Crippen molar-refractivity contribution in [2.45, 2.75) is 51.0 Å². The third-order valence-corrected chi connectivity index (χ3v) is 7.91. The van der Waals surface area contributed by atoms with Gasteiger partial charge in [0.1, 0.15) is 6.61 Å². The van der Waals surface area contributed by atoms with E-state index in [4.69, 9.17) is 21.3 Å². The summed E-state index contributed by atoms with van der Waals surface area (Å²) in [6, 6.07) is 5.79. The zero-order valence-corrected chi connectivity index (χ0v) is 20.7. The van der Waals surface area contributed by atoms with Crippen LogP contribution in [0.2, 0.25) is 5.02 Å². The van der Waals surface area contributed by atoms with E-state index in [-0.39, 0.29) is 37.0 Å². The third-order valence-electron chi connectivity index (χ3n) is 7.58. The van der Waals surface area contributed by atoms with Gasteiger partial charge >= 0.3 is 5.97 Å². The molecule has 0 fully saturated rings. The Morgan fingerprint density at radius 3 is 2.74 bits per heavy atom. The van der Waals surface area contributed by atoms with E-state index in [1.165, 1.54) is 5.56 Å². The molecule has 2 aromatic heterocycles. The van der Waals surface area contributed by atoms with Crippen LogP contribution in [0.15, 0.2) is 23.0 Å². The maximum atomic E-state index is 13.5. The molecule has 3 aliphatic rings. The highest BCUT2D eigenvalue weighted by Gasteiger charge is 2.45. The van der Waals surface area contributed by atoms with Crippen molar-refractivity contribution in [2.24, 2.45) is 0 Å². The fourth-order valence-corrected chi connectivity index (χ4v) is 6.09. The molecule has 6 rings (SSSR count). The zero-order chi connectivity index (χ0) is 23.2. The van der Waals surface area contributed by atoms with Crippen LogP contribution in [0.3, 0.4) is 0 Å². The summed E-state index contributed by atoms with van der Waals surface area (Å²) in [4.78, 5) is 33.0. The Labute approximate surface area is 207 Å². The summed E-state index contributed by atoms with van der Waals surface area (Å²) in [6.45, 7) is 1.99. The van der Waals surface area contributed by atoms with Gasteiger partial charge in [-0.2, -0.15) is 0 Å². The number of benzene rings is 1. The van der Waals surface area contributed by atoms with E-state index in [9.17, 15) is 14.7 Å². The SMILES string of the molecule is CC[C@@]1(O)C(=O)OCc2c1cc1n(c2=O)Cc2c-1nc1ccc(Cl)c3c1c2CCC3N(C)C.Cl. The summed E-state index contributed by atoms with van der Waals surface area (Å²) < 4.78 is 6.87. The number of fused-ring (bicyclic) bond motifs is 5. The first kappa shape index (κ1) is 23.3. The Kier molecular flexibility index (Phi) is 5.33. The highest BCUT2D eigenvalue weighted by atomic mass is 35.5. The molecule has 2 aliphatic heterocycles. The molecular weight excluding hydrogens is 477 g/mol. The van der Waals surface area contributed by atoms with Crippen LogP contribution in [0.1, 0.15) is 53.6 Å². The van der Waals surface area contributed by atoms with Gasteiger partial charge in [0.25, 0.3) is 5.56 Å². The summed E-state index contributed by atoms with van der Waals surface area (Å²) in [5.41, 5.74) is 4.14. The number of cyclic esters (lactones) is 1. The monoisotopic (exact) mass is 501 g/mol. The van der Waals surface area contributed by atoms with E-state index in [2.05, 4.69) is 19.0 Å². The van der Waals surface area contributed by atoms with E-state index in [0.717, 1.165) is 45.6 Å². The Bertz CT molecular complexity index is 1450. The van der Waals surface area contributed by atoms with Crippen molar-refractivity contribution in [1.82, 2.24) is 14.5 Å². The minimum Gasteiger partial charge on any atom is -0.458 e. The lowest BCUT2D eigenvalue weighted by Crippen LogP contribution is -2.44. The number of rotatable bonds is 2. The molecule has 9 heteroatoms. The topological polar surface area (TPSA) is 84.7 Å². The highest BCUT2D eigenvalue weighted by Crippen LogP contribution is 2.46. The molecule has 1 aromatic carbocycles. The second kappa shape index (κ2) is 7.78. The molecule has 0 amide bonds. The van der Waals surface area contributed by atoms with E-state index in [1.54, 1.807) is 17.6 Å². The standard InChI is InChI=1S/C25H24ClN3O4.ClH/c1-4-25(32)15-9-19-22-13(10-29(19)23(30)14(15)11-33-24(25)31)12-5-8-18(28(2)3)21-16(26)6-7-17(27-22)20(12)21;/h6-7,9,18,32H,4-5,8,10-11H2,1-3H3;1H/t18?,25-;/m0./s1. The summed E-state index contributed by atoms with van der Waals surface area (Å²) >= 11 is 6.68. The number of hydrogen-bond donors (Lipinski definition) is 1. The van der Waals surface area contributed by atoms with Gasteiger partial charge in [0.2, 0.25) is 0 Å². The number of nitrogens with zero attached hydrogens (tertiary/aromatic N) is 3. The molecule has 34 heavy (non-hydrogen) atoms. The van der Waals surface area contributed by atoms with Crippen LogP contribution in [-0.4, -0.2) is 39.6 Å². The van der Waals surface area contributed by atoms with Crippen molar-refractivity contribution in [3.05, 3.63) is 61.4 Å². The van der Waals surface area contributed by atoms with Gasteiger partial charge in [0.15, 0.2) is 5.60 Å². The Hall–Kier alpha value is -2.45. The van der Waals surface area contributed by atoms with Crippen LogP contribution in [0.4, 0.5) is 0 Å². The minimum atomic E-state index is -1.82. The van der Waals surface area contributed by atoms with Crippen LogP contribution < -0.4 is 5.56 Å². The lowest BCUT2D eigenvalue weighted by molar-refractivity contribution is -0.172. The molecule has 3 aromatic rings. The molecule has 0 radical (unpaired) electrons. The van der Waals surface area contributed by atoms with Crippen LogP contribution in [0.25, 0.3) is 22.3 Å². The highest BCUT2D eigenvalue weighted by molar-refractivity contribution is 6.32. The normalized spacial score (nSPS) is 22.2. The molecule has 0 spiro atoms. The Morgan fingerprint density at radius 1 is 1.26 bits per heavy atom. The van der Waals surface area contributed by atoms with Gasteiger partial charge in [-0.3, -0.25) is 4.79 Å². The molecule has 2 atom stereocenters. The van der Waals surface area contributed by atoms with E-state index < -0.39 is 11.6 Å². The van der Waals surface area contributed by atoms with Crippen LogP contribution in [0.5, 0.6) is 0 Å². The van der Waals surface area contributed by atoms with Gasteiger partial charge in [0.05, 0.1) is 29.0 Å². The summed E-state index contributed by atoms with van der Waals surface area (Å²) in [5, 5.41) is 12.9. The van der Waals surface area contributed by atoms with Gasteiger partial charge in [-0.05, 0) is 62.7 Å². The number of hydrogen-bond acceptors (Lipinski definition) is 6. The van der Waals surface area contributed by atoms with Crippen molar-refractivity contribution < 1.29 is 14.6 Å². The fourth-order valence-electron chi connectivity index (χ4n) is 5.81. The second-order valence-electron chi connectivity index (χ2n) is 9.39. The summed E-state index contributed by atoms with van der Waals surface area (Å²) in [6.07, 6.45) is 1.91. The van der Waals surface area contributed by atoms with E-state index >= 15 is 0 Å². The van der Waals surface area contributed by atoms with Gasteiger partial charge in [-0.1, -0.05) is 18.5 Å². The number of halogens is 2. The quantitative estimate of drug-likeness (QED) is 0.421. The lowest BCUT2D eigenvalue weighted by Gasteiger charge is -2.32. The zero-order valence-electron chi connectivity index (χ0n) is 19.1. The molecule has 1 aliphatic carbocycles. The van der Waals surface area contributed by atoms with Crippen molar-refractivity contribution in [2.75, 3.05) is 14.1 Å². The van der Waals surface area contributed by atoms with Crippen LogP contribution in [-0.2, 0) is 34.7 Å². The largest absolute Gasteiger partial charge is 0.458 e. The maximum absolute atomic E-state index is 13.5. The average molecular weight is 502 g/mol. The molecule has 178 valence electrons. The van der Waals surface area contributed by atoms with E-state index in [0.29, 0.717) is 23.4 Å². The number of carbonyl (C=O) groups is 1. The predicted molar refractivity (Wildman–Crippen MR) is 132 cm³/mol. The number of pyridine rings is 2. The average Bonchev–Trinajstić information content (AvgIpc) is 3.17. The minimum absolute atomic E-state index is 0. The Morgan fingerprint density at radius 2 is 2.03 bits per heavy atom. The van der Waals surface area contributed by atoms with Crippen LogP contribution in [0, 0.1) is 0 Å². The molecule has 4 heterocycles. The molecule has 7 nitrogen and oxygen atoms in total. The van der Waals surface area contributed by atoms with Gasteiger partial charge < -0.3 is 19.3 Å². The predicted octanol–water partition coefficient (Wildman–Crippen LogP) is 3.70. The molecule has 0 bridgehead atoms. The van der Waals surface area contributed by atoms with Gasteiger partial charge in [0, 0.05) is 27.6 Å². The Balaban J connectivity index is 0.00000241. The number of esters is 1. The molecular formula is C25H25Cl2N3O4. The number of ether oxygens (including phenoxy) is 1. The first-order valence-corrected chi connectivity index (χ1v) is 11.6. The van der Waals surface area contributed by atoms with Gasteiger partial charge in [-0.15, -0.1) is 12.4 Å². The van der Waals surface area contributed by atoms with Gasteiger partial charge in [-0.25, -0.2) is 9.78 Å². The van der Waals surface area contributed by atoms with Crippen molar-refractivity contribution in [3.63, 3.8) is 0 Å². The number of aryl methyl sites for hydroxylation is 1. The van der Waals surface area contributed by atoms with Crippen molar-refractivity contribution in [1.29, 1.82) is 0 Å². The number of aromatic nitrogens is 2. The van der Waals surface area contributed by atoms with Crippen molar-refractivity contribution >= 4 is 40.9 Å². The smallest absolute Gasteiger partial charge is 0.343 e. The van der Waals surface area contributed by atoms with Crippen molar-refractivity contribution in [3.8, 4) is 11.4 Å². The molecule has 0 saturated carbocycles. The summed E-state index contributed by atoms with van der Waals surface area (Å²) in [5.74, 6) is -0.712. The number of carbonyl (C=O) groups excluding carboxylic acids is 1. The number of aliphatic hydroxyl groups is 1. The first-order chi connectivity index (χ1) is 15.8. The molecule has 1 unspecified atom stereocenters. The van der Waals surface area contributed by atoms with Crippen LogP contribution >= 0.6 is 24.0 Å². The first-order valence-electron chi connectivity index (χ1n) is 11.2. The fraction of sp³-hybridized carbons (Fsp3) is 0.400.